The molecule has 1 saturated carbocycles. The predicted molar refractivity (Wildman–Crippen MR) is 134 cm³/mol. The Bertz CT molecular complexity index is 1110. The first kappa shape index (κ1) is 24.5. The van der Waals surface area contributed by atoms with Crippen LogP contribution in [0.25, 0.3) is 0 Å². The summed E-state index contributed by atoms with van der Waals surface area (Å²) in [6.07, 6.45) is 5.65. The van der Waals surface area contributed by atoms with Crippen molar-refractivity contribution < 1.29 is 24.2 Å². The Kier molecular flexibility index (Phi) is 6.84. The van der Waals surface area contributed by atoms with Gasteiger partial charge in [0, 0.05) is 18.5 Å². The third-order valence-electron chi connectivity index (χ3n) is 8.05. The Morgan fingerprint density at radius 3 is 2.36 bits per heavy atom. The molecule has 2 saturated heterocycles. The van der Waals surface area contributed by atoms with Crippen molar-refractivity contribution in [1.82, 2.24) is 10.2 Å². The molecule has 0 aromatic heterocycles. The van der Waals surface area contributed by atoms with Gasteiger partial charge in [0.25, 0.3) is 0 Å². The molecule has 4 unspecified atom stereocenters. The molecule has 2 aromatic carbocycles. The minimum Gasteiger partial charge on any atom is -0.494 e. The lowest BCUT2D eigenvalue weighted by molar-refractivity contribution is -0.152. The monoisotopic (exact) mass is 490 g/mol. The summed E-state index contributed by atoms with van der Waals surface area (Å²) in [5.41, 5.74) is 0.0210. The number of carbonyl (C=O) groups excluding carboxylic acids is 2. The number of nitrogens with one attached hydrogen (secondary N) is 1. The SMILES string of the molecule is CCCOc1ccc(C2NC(Cc3ccccc3)(C(=O)O)C3C(=O)N(C4CCCCC4)C(=O)C23)cc1. The number of nitrogens with zero attached hydrogens (tertiary/aromatic N) is 1. The average Bonchev–Trinajstić information content (AvgIpc) is 3.38. The molecular formula is C29H34N2O5. The van der Waals surface area contributed by atoms with E-state index in [-0.39, 0.29) is 24.3 Å². The van der Waals surface area contributed by atoms with Crippen LogP contribution in [0.2, 0.25) is 0 Å². The van der Waals surface area contributed by atoms with E-state index >= 15 is 0 Å². The minimum absolute atomic E-state index is 0.121. The molecule has 1 aliphatic carbocycles. The Labute approximate surface area is 211 Å². The van der Waals surface area contributed by atoms with Crippen molar-refractivity contribution in [2.75, 3.05) is 6.61 Å². The second-order valence-corrected chi connectivity index (χ2v) is 10.3. The number of benzene rings is 2. The first-order valence-electron chi connectivity index (χ1n) is 13.1. The van der Waals surface area contributed by atoms with E-state index < -0.39 is 29.4 Å². The Morgan fingerprint density at radius 2 is 1.72 bits per heavy atom. The maximum Gasteiger partial charge on any atom is 0.325 e. The zero-order valence-corrected chi connectivity index (χ0v) is 20.7. The van der Waals surface area contributed by atoms with Gasteiger partial charge in [-0.15, -0.1) is 0 Å². The molecule has 2 amide bonds. The van der Waals surface area contributed by atoms with E-state index in [4.69, 9.17) is 4.74 Å². The average molecular weight is 491 g/mol. The van der Waals surface area contributed by atoms with Crippen LogP contribution < -0.4 is 10.1 Å². The molecule has 190 valence electrons. The van der Waals surface area contributed by atoms with Crippen molar-refractivity contribution in [3.05, 3.63) is 65.7 Å². The fraction of sp³-hybridized carbons (Fsp3) is 0.483. The van der Waals surface area contributed by atoms with Crippen LogP contribution in [0.3, 0.4) is 0 Å². The lowest BCUT2D eigenvalue weighted by Crippen LogP contribution is -2.58. The highest BCUT2D eigenvalue weighted by Gasteiger charge is 2.69. The summed E-state index contributed by atoms with van der Waals surface area (Å²) >= 11 is 0. The van der Waals surface area contributed by atoms with E-state index in [9.17, 15) is 19.5 Å². The fourth-order valence-corrected chi connectivity index (χ4v) is 6.35. The van der Waals surface area contributed by atoms with Crippen LogP contribution in [0.1, 0.15) is 62.6 Å². The number of carboxylic acids is 1. The molecule has 0 bridgehead atoms. The molecule has 4 atom stereocenters. The van der Waals surface area contributed by atoms with Crippen molar-refractivity contribution in [3.63, 3.8) is 0 Å². The van der Waals surface area contributed by atoms with E-state index in [2.05, 4.69) is 5.32 Å². The molecule has 3 aliphatic rings. The summed E-state index contributed by atoms with van der Waals surface area (Å²) in [5.74, 6) is -2.68. The molecule has 7 heteroatoms. The van der Waals surface area contributed by atoms with E-state index in [1.807, 2.05) is 61.5 Å². The zero-order chi connectivity index (χ0) is 25.3. The van der Waals surface area contributed by atoms with E-state index in [1.165, 1.54) is 4.90 Å². The van der Waals surface area contributed by atoms with Gasteiger partial charge < -0.3 is 9.84 Å². The van der Waals surface area contributed by atoms with Crippen molar-refractivity contribution in [3.8, 4) is 5.75 Å². The van der Waals surface area contributed by atoms with Crippen LogP contribution >= 0.6 is 0 Å². The van der Waals surface area contributed by atoms with Gasteiger partial charge in [0.05, 0.1) is 18.4 Å². The number of imide groups is 1. The number of likely N-dealkylation sites (tertiary alicyclic amines) is 1. The standard InChI is InChI=1S/C29H34N2O5/c1-2-17-36-22-15-13-20(14-16-22)25-23-24(27(33)31(26(23)32)21-11-7-4-8-12-21)29(30-25,28(34)35)18-19-9-5-3-6-10-19/h3,5-6,9-10,13-16,21,23-25,30H,2,4,7-8,11-12,17-18H2,1H3,(H,34,35). The minimum atomic E-state index is -1.58. The number of amides is 2. The summed E-state index contributed by atoms with van der Waals surface area (Å²) < 4.78 is 5.71. The molecule has 2 heterocycles. The van der Waals surface area contributed by atoms with Gasteiger partial charge in [-0.25, -0.2) is 0 Å². The second-order valence-electron chi connectivity index (χ2n) is 10.3. The van der Waals surface area contributed by atoms with E-state index in [0.29, 0.717) is 6.61 Å². The van der Waals surface area contributed by atoms with Crippen molar-refractivity contribution in [1.29, 1.82) is 0 Å². The second kappa shape index (κ2) is 10.1. The molecule has 5 rings (SSSR count). The lowest BCUT2D eigenvalue weighted by atomic mass is 9.76. The van der Waals surface area contributed by atoms with E-state index in [0.717, 1.165) is 55.4 Å². The van der Waals surface area contributed by atoms with Gasteiger partial charge in [-0.05, 0) is 42.5 Å². The molecule has 7 nitrogen and oxygen atoms in total. The van der Waals surface area contributed by atoms with Crippen LogP contribution in [-0.2, 0) is 20.8 Å². The van der Waals surface area contributed by atoms with Crippen molar-refractivity contribution in [2.45, 2.75) is 69.5 Å². The fourth-order valence-electron chi connectivity index (χ4n) is 6.35. The smallest absolute Gasteiger partial charge is 0.325 e. The normalized spacial score (nSPS) is 28.4. The molecule has 2 aliphatic heterocycles. The number of ether oxygens (including phenoxy) is 1. The predicted octanol–water partition coefficient (Wildman–Crippen LogP) is 4.12. The van der Waals surface area contributed by atoms with Crippen LogP contribution in [0, 0.1) is 11.8 Å². The first-order valence-corrected chi connectivity index (χ1v) is 13.1. The topological polar surface area (TPSA) is 95.9 Å². The number of hydrogen-bond acceptors (Lipinski definition) is 5. The highest BCUT2D eigenvalue weighted by Crippen LogP contribution is 2.51. The zero-order valence-electron chi connectivity index (χ0n) is 20.7. The molecule has 0 spiro atoms. The molecular weight excluding hydrogens is 456 g/mol. The Morgan fingerprint density at radius 1 is 1.03 bits per heavy atom. The van der Waals surface area contributed by atoms with Crippen LogP contribution in [0.5, 0.6) is 5.75 Å². The van der Waals surface area contributed by atoms with Gasteiger partial charge in [-0.1, -0.05) is 68.7 Å². The Balaban J connectivity index is 1.55. The maximum atomic E-state index is 13.9. The molecule has 2 aromatic rings. The summed E-state index contributed by atoms with van der Waals surface area (Å²) in [4.78, 5) is 42.3. The summed E-state index contributed by atoms with van der Waals surface area (Å²) in [6, 6.07) is 16.1. The van der Waals surface area contributed by atoms with Gasteiger partial charge >= 0.3 is 5.97 Å². The lowest BCUT2D eigenvalue weighted by Gasteiger charge is -2.34. The van der Waals surface area contributed by atoms with Crippen LogP contribution in [0.15, 0.2) is 54.6 Å². The van der Waals surface area contributed by atoms with Gasteiger partial charge in [-0.3, -0.25) is 24.6 Å². The quantitative estimate of drug-likeness (QED) is 0.541. The Hall–Kier alpha value is -3.19. The summed E-state index contributed by atoms with van der Waals surface area (Å²) in [5, 5.41) is 13.9. The van der Waals surface area contributed by atoms with E-state index in [1.54, 1.807) is 0 Å². The van der Waals surface area contributed by atoms with Gasteiger partial charge in [-0.2, -0.15) is 0 Å². The highest BCUT2D eigenvalue weighted by atomic mass is 16.5. The number of fused-ring (bicyclic) bond motifs is 1. The third kappa shape index (κ3) is 4.19. The van der Waals surface area contributed by atoms with Crippen LogP contribution in [0.4, 0.5) is 0 Å². The van der Waals surface area contributed by atoms with Gasteiger partial charge in [0.2, 0.25) is 11.8 Å². The number of hydrogen-bond donors (Lipinski definition) is 2. The number of aliphatic carboxylic acids is 1. The number of carboxylic acid groups (broad SMARTS) is 1. The van der Waals surface area contributed by atoms with Crippen molar-refractivity contribution in [2.24, 2.45) is 11.8 Å². The maximum absolute atomic E-state index is 13.9. The van der Waals surface area contributed by atoms with Crippen molar-refractivity contribution >= 4 is 17.8 Å². The third-order valence-corrected chi connectivity index (χ3v) is 8.05. The summed E-state index contributed by atoms with van der Waals surface area (Å²) in [6.45, 7) is 2.64. The molecule has 2 N–H and O–H groups in total. The molecule has 3 fully saturated rings. The van der Waals surface area contributed by atoms with Gasteiger partial charge in [0.1, 0.15) is 11.3 Å². The summed E-state index contributed by atoms with van der Waals surface area (Å²) in [7, 11) is 0. The first-order chi connectivity index (χ1) is 17.5. The largest absolute Gasteiger partial charge is 0.494 e. The number of rotatable bonds is 8. The molecule has 0 radical (unpaired) electrons. The number of carbonyl (C=O) groups is 3. The molecule has 36 heavy (non-hydrogen) atoms. The van der Waals surface area contributed by atoms with Gasteiger partial charge in [0.15, 0.2) is 0 Å². The highest BCUT2D eigenvalue weighted by molar-refractivity contribution is 6.09. The van der Waals surface area contributed by atoms with Crippen LogP contribution in [-0.4, -0.2) is 46.0 Å².